The Kier molecular flexibility index (Phi) is 3.39. The Bertz CT molecular complexity index is 493. The summed E-state index contributed by atoms with van der Waals surface area (Å²) in [5.74, 6) is 1.93. The number of piperazine rings is 1. The summed E-state index contributed by atoms with van der Waals surface area (Å²) in [5, 5.41) is 9.03. The third kappa shape index (κ3) is 3.05. The molecule has 1 aliphatic carbocycles. The van der Waals surface area contributed by atoms with Crippen LogP contribution >= 0.6 is 0 Å². The summed E-state index contributed by atoms with van der Waals surface area (Å²) in [6.45, 7) is 7.51. The van der Waals surface area contributed by atoms with Crippen molar-refractivity contribution in [2.75, 3.05) is 37.6 Å². The van der Waals surface area contributed by atoms with E-state index in [1.807, 2.05) is 19.1 Å². The van der Waals surface area contributed by atoms with Gasteiger partial charge in [-0.3, -0.25) is 4.90 Å². The summed E-state index contributed by atoms with van der Waals surface area (Å²) in [6, 6.07) is 5.96. The summed E-state index contributed by atoms with van der Waals surface area (Å²) in [6.07, 6.45) is 2.84. The zero-order chi connectivity index (χ0) is 13.2. The maximum absolute atomic E-state index is 9.03. The van der Waals surface area contributed by atoms with Crippen molar-refractivity contribution < 1.29 is 0 Å². The van der Waals surface area contributed by atoms with Crippen molar-refractivity contribution in [3.05, 3.63) is 23.4 Å². The van der Waals surface area contributed by atoms with E-state index in [9.17, 15) is 0 Å². The van der Waals surface area contributed by atoms with Crippen LogP contribution in [0.15, 0.2) is 12.1 Å². The fraction of sp³-hybridized carbons (Fsp3) is 0.600. The van der Waals surface area contributed by atoms with Crippen LogP contribution in [-0.2, 0) is 0 Å². The molecule has 1 saturated heterocycles. The third-order valence-electron chi connectivity index (χ3n) is 3.98. The van der Waals surface area contributed by atoms with Gasteiger partial charge in [0.25, 0.3) is 0 Å². The molecule has 2 fully saturated rings. The number of aromatic nitrogens is 1. The van der Waals surface area contributed by atoms with Gasteiger partial charge < -0.3 is 4.90 Å². The van der Waals surface area contributed by atoms with E-state index in [0.29, 0.717) is 5.56 Å². The van der Waals surface area contributed by atoms with Crippen molar-refractivity contribution in [3.63, 3.8) is 0 Å². The molecule has 0 bridgehead atoms. The van der Waals surface area contributed by atoms with Gasteiger partial charge in [-0.05, 0) is 37.8 Å². The first-order valence-electron chi connectivity index (χ1n) is 7.11. The predicted molar refractivity (Wildman–Crippen MR) is 75.1 cm³/mol. The van der Waals surface area contributed by atoms with E-state index in [0.717, 1.165) is 43.6 Å². The van der Waals surface area contributed by atoms with Crippen LogP contribution in [-0.4, -0.2) is 42.6 Å². The van der Waals surface area contributed by atoms with Gasteiger partial charge in [-0.1, -0.05) is 0 Å². The highest BCUT2D eigenvalue weighted by molar-refractivity contribution is 5.47. The van der Waals surface area contributed by atoms with Crippen LogP contribution in [0.2, 0.25) is 0 Å². The highest BCUT2D eigenvalue weighted by Gasteiger charge is 2.26. The molecule has 1 saturated carbocycles. The monoisotopic (exact) mass is 256 g/mol. The van der Waals surface area contributed by atoms with Gasteiger partial charge in [-0.25, -0.2) is 4.98 Å². The van der Waals surface area contributed by atoms with Gasteiger partial charge in [0, 0.05) is 38.4 Å². The van der Waals surface area contributed by atoms with Crippen molar-refractivity contribution in [3.8, 4) is 6.07 Å². The van der Waals surface area contributed by atoms with Gasteiger partial charge in [0.15, 0.2) is 0 Å². The topological polar surface area (TPSA) is 43.2 Å². The quantitative estimate of drug-likeness (QED) is 0.827. The second-order valence-corrected chi connectivity index (χ2v) is 5.70. The van der Waals surface area contributed by atoms with Gasteiger partial charge in [0.1, 0.15) is 5.82 Å². The van der Waals surface area contributed by atoms with Gasteiger partial charge in [-0.2, -0.15) is 5.26 Å². The number of pyridine rings is 1. The molecule has 1 aliphatic heterocycles. The smallest absolute Gasteiger partial charge is 0.130 e. The van der Waals surface area contributed by atoms with Crippen molar-refractivity contribution in [1.29, 1.82) is 5.26 Å². The minimum absolute atomic E-state index is 0.711. The SMILES string of the molecule is Cc1cc(C#N)cc(N2CCN(CC3CC3)CC2)n1. The zero-order valence-corrected chi connectivity index (χ0v) is 11.5. The van der Waals surface area contributed by atoms with E-state index in [1.54, 1.807) is 0 Å². The summed E-state index contributed by atoms with van der Waals surface area (Å²) < 4.78 is 0. The van der Waals surface area contributed by atoms with Gasteiger partial charge >= 0.3 is 0 Å². The fourth-order valence-corrected chi connectivity index (χ4v) is 2.70. The molecule has 0 radical (unpaired) electrons. The molecule has 0 amide bonds. The van der Waals surface area contributed by atoms with E-state index >= 15 is 0 Å². The molecular weight excluding hydrogens is 236 g/mol. The molecule has 4 heteroatoms. The number of aryl methyl sites for hydroxylation is 1. The summed E-state index contributed by atoms with van der Waals surface area (Å²) >= 11 is 0. The van der Waals surface area contributed by atoms with E-state index < -0.39 is 0 Å². The van der Waals surface area contributed by atoms with E-state index in [1.165, 1.54) is 19.4 Å². The Morgan fingerprint density at radius 1 is 1.26 bits per heavy atom. The summed E-state index contributed by atoms with van der Waals surface area (Å²) in [7, 11) is 0. The number of anilines is 1. The first kappa shape index (κ1) is 12.4. The molecule has 1 aromatic rings. The standard InChI is InChI=1S/C15H20N4/c1-12-8-14(10-16)9-15(17-12)19-6-4-18(5-7-19)11-13-2-3-13/h8-9,13H,2-7,11H2,1H3. The lowest BCUT2D eigenvalue weighted by Gasteiger charge is -2.35. The van der Waals surface area contributed by atoms with Crippen LogP contribution < -0.4 is 4.90 Å². The fourth-order valence-electron chi connectivity index (χ4n) is 2.70. The minimum Gasteiger partial charge on any atom is -0.354 e. The Morgan fingerprint density at radius 3 is 2.63 bits per heavy atom. The summed E-state index contributed by atoms with van der Waals surface area (Å²) in [4.78, 5) is 9.43. The molecule has 2 heterocycles. The first-order valence-corrected chi connectivity index (χ1v) is 7.11. The predicted octanol–water partition coefficient (Wildman–Crippen LogP) is 1.79. The molecule has 2 aliphatic rings. The largest absolute Gasteiger partial charge is 0.354 e. The van der Waals surface area contributed by atoms with Crippen LogP contribution in [0.3, 0.4) is 0 Å². The number of rotatable bonds is 3. The maximum Gasteiger partial charge on any atom is 0.130 e. The average Bonchev–Trinajstić information content (AvgIpc) is 3.23. The molecule has 19 heavy (non-hydrogen) atoms. The molecule has 0 atom stereocenters. The number of hydrogen-bond donors (Lipinski definition) is 0. The molecule has 0 spiro atoms. The molecule has 4 nitrogen and oxygen atoms in total. The van der Waals surface area contributed by atoms with Crippen molar-refractivity contribution in [2.24, 2.45) is 5.92 Å². The van der Waals surface area contributed by atoms with E-state index in [4.69, 9.17) is 5.26 Å². The lowest BCUT2D eigenvalue weighted by molar-refractivity contribution is 0.247. The Morgan fingerprint density at radius 2 is 2.00 bits per heavy atom. The highest BCUT2D eigenvalue weighted by atomic mass is 15.3. The minimum atomic E-state index is 0.711. The lowest BCUT2D eigenvalue weighted by atomic mass is 10.2. The molecular formula is C15H20N4. The number of nitriles is 1. The summed E-state index contributed by atoms with van der Waals surface area (Å²) in [5.41, 5.74) is 1.64. The average molecular weight is 256 g/mol. The van der Waals surface area contributed by atoms with Gasteiger partial charge in [-0.15, -0.1) is 0 Å². The van der Waals surface area contributed by atoms with Gasteiger partial charge in [0.2, 0.25) is 0 Å². The van der Waals surface area contributed by atoms with Crippen LogP contribution in [0.25, 0.3) is 0 Å². The Balaban J connectivity index is 1.64. The van der Waals surface area contributed by atoms with E-state index in [-0.39, 0.29) is 0 Å². The normalized spacial score (nSPS) is 20.3. The molecule has 0 N–H and O–H groups in total. The molecule has 0 aromatic carbocycles. The van der Waals surface area contributed by atoms with E-state index in [2.05, 4.69) is 20.9 Å². The van der Waals surface area contributed by atoms with Crippen molar-refractivity contribution in [2.45, 2.75) is 19.8 Å². The number of nitrogens with zero attached hydrogens (tertiary/aromatic N) is 4. The first-order chi connectivity index (χ1) is 9.24. The number of hydrogen-bond acceptors (Lipinski definition) is 4. The molecule has 1 aromatic heterocycles. The van der Waals surface area contributed by atoms with Crippen LogP contribution in [0.1, 0.15) is 24.1 Å². The van der Waals surface area contributed by atoms with Crippen molar-refractivity contribution >= 4 is 5.82 Å². The second kappa shape index (κ2) is 5.18. The maximum atomic E-state index is 9.03. The molecule has 3 rings (SSSR count). The van der Waals surface area contributed by atoms with Crippen molar-refractivity contribution in [1.82, 2.24) is 9.88 Å². The van der Waals surface area contributed by atoms with Crippen LogP contribution in [0, 0.1) is 24.2 Å². The third-order valence-corrected chi connectivity index (χ3v) is 3.98. The lowest BCUT2D eigenvalue weighted by Crippen LogP contribution is -2.47. The van der Waals surface area contributed by atoms with Crippen LogP contribution in [0.5, 0.6) is 0 Å². The molecule has 0 unspecified atom stereocenters. The van der Waals surface area contributed by atoms with Gasteiger partial charge in [0.05, 0.1) is 11.6 Å². The second-order valence-electron chi connectivity index (χ2n) is 5.70. The zero-order valence-electron chi connectivity index (χ0n) is 11.5. The Labute approximate surface area is 114 Å². The highest BCUT2D eigenvalue weighted by Crippen LogP contribution is 2.30. The van der Waals surface area contributed by atoms with Crippen LogP contribution in [0.4, 0.5) is 5.82 Å². The molecule has 100 valence electrons. The Hall–Kier alpha value is -1.60.